The largest absolute Gasteiger partial charge is 0.442 e. The van der Waals surface area contributed by atoms with Crippen LogP contribution in [0.4, 0.5) is 23.7 Å². The monoisotopic (exact) mass is 343 g/mol. The lowest BCUT2D eigenvalue weighted by Crippen LogP contribution is -2.49. The highest BCUT2D eigenvalue weighted by atomic mass is 19.4. The number of nitrogens with zero attached hydrogens (tertiary/aromatic N) is 2. The first-order valence-corrected chi connectivity index (χ1v) is 7.48. The first kappa shape index (κ1) is 16.6. The number of aliphatic hydroxyl groups excluding tert-OH is 1. The van der Waals surface area contributed by atoms with Crippen molar-refractivity contribution in [1.82, 2.24) is 5.43 Å². The van der Waals surface area contributed by atoms with E-state index in [1.54, 1.807) is 4.90 Å². The van der Waals surface area contributed by atoms with E-state index in [1.807, 2.05) is 0 Å². The molecule has 6 nitrogen and oxygen atoms in total. The standard InChI is InChI=1S/C15H16F3N3O3/c16-15(17,18)11-7-9(12-8-24-14(23)20-19-12)1-2-13(11)21-5-3-10(21)4-6-22/h1-2,7,10,22H,3-6,8H2,(H,20,23)/t10-/m0/s1. The van der Waals surface area contributed by atoms with E-state index in [1.165, 1.54) is 12.1 Å². The summed E-state index contributed by atoms with van der Waals surface area (Å²) in [4.78, 5) is 12.6. The van der Waals surface area contributed by atoms with Crippen LogP contribution < -0.4 is 10.3 Å². The number of carbonyl (C=O) groups is 1. The SMILES string of the molecule is O=C1NN=C(c2ccc(N3CC[C@H]3CCO)c(C(F)(F)F)c2)CO1. The molecule has 1 aromatic rings. The summed E-state index contributed by atoms with van der Waals surface area (Å²) in [7, 11) is 0. The van der Waals surface area contributed by atoms with Crippen molar-refractivity contribution in [2.45, 2.75) is 25.1 Å². The van der Waals surface area contributed by atoms with Crippen molar-refractivity contribution in [3.63, 3.8) is 0 Å². The number of hydrogen-bond donors (Lipinski definition) is 2. The maximum absolute atomic E-state index is 13.5. The van der Waals surface area contributed by atoms with E-state index in [0.717, 1.165) is 12.5 Å². The van der Waals surface area contributed by atoms with Crippen molar-refractivity contribution < 1.29 is 27.8 Å². The van der Waals surface area contributed by atoms with Gasteiger partial charge in [0.1, 0.15) is 12.3 Å². The highest BCUT2D eigenvalue weighted by Gasteiger charge is 2.39. The Hall–Kier alpha value is -2.29. The Labute approximate surface area is 135 Å². The first-order chi connectivity index (χ1) is 11.4. The maximum Gasteiger partial charge on any atom is 0.428 e. The van der Waals surface area contributed by atoms with Crippen LogP contribution in [0, 0.1) is 0 Å². The van der Waals surface area contributed by atoms with Gasteiger partial charge in [0.2, 0.25) is 0 Å². The number of carbonyl (C=O) groups excluding carboxylic acids is 1. The Balaban J connectivity index is 1.94. The van der Waals surface area contributed by atoms with Crippen molar-refractivity contribution in [1.29, 1.82) is 0 Å². The molecule has 0 bridgehead atoms. The molecule has 1 fully saturated rings. The fourth-order valence-corrected chi connectivity index (χ4v) is 2.86. The van der Waals surface area contributed by atoms with Gasteiger partial charge in [-0.25, -0.2) is 10.2 Å². The van der Waals surface area contributed by atoms with Gasteiger partial charge in [0.15, 0.2) is 0 Å². The molecule has 9 heteroatoms. The van der Waals surface area contributed by atoms with Crippen molar-refractivity contribution >= 4 is 17.5 Å². The zero-order valence-electron chi connectivity index (χ0n) is 12.6. The molecule has 1 aromatic carbocycles. The normalized spacial score (nSPS) is 20.8. The van der Waals surface area contributed by atoms with Crippen LogP contribution in [0.1, 0.15) is 24.0 Å². The molecule has 0 aliphatic carbocycles. The van der Waals surface area contributed by atoms with Crippen LogP contribution >= 0.6 is 0 Å². The molecule has 130 valence electrons. The van der Waals surface area contributed by atoms with E-state index in [4.69, 9.17) is 9.84 Å². The number of hydrazone groups is 1. The van der Waals surface area contributed by atoms with Gasteiger partial charge in [-0.3, -0.25) is 0 Å². The Morgan fingerprint density at radius 3 is 2.75 bits per heavy atom. The lowest BCUT2D eigenvalue weighted by molar-refractivity contribution is -0.137. The molecule has 0 unspecified atom stereocenters. The Kier molecular flexibility index (Phi) is 4.35. The summed E-state index contributed by atoms with van der Waals surface area (Å²) in [5.41, 5.74) is 1.88. The van der Waals surface area contributed by atoms with Crippen LogP contribution in [-0.4, -0.2) is 42.7 Å². The third-order valence-corrected chi connectivity index (χ3v) is 4.17. The molecule has 24 heavy (non-hydrogen) atoms. The fourth-order valence-electron chi connectivity index (χ4n) is 2.86. The number of ether oxygens (including phenoxy) is 1. The minimum absolute atomic E-state index is 0.0611. The zero-order valence-corrected chi connectivity index (χ0v) is 12.6. The molecule has 2 aliphatic rings. The van der Waals surface area contributed by atoms with Crippen LogP contribution in [0.3, 0.4) is 0 Å². The zero-order chi connectivity index (χ0) is 17.3. The van der Waals surface area contributed by atoms with Crippen molar-refractivity contribution in [2.75, 3.05) is 24.7 Å². The maximum atomic E-state index is 13.5. The second kappa shape index (κ2) is 6.31. The predicted molar refractivity (Wildman–Crippen MR) is 79.9 cm³/mol. The summed E-state index contributed by atoms with van der Waals surface area (Å²) in [6.07, 6.45) is -4.07. The first-order valence-electron chi connectivity index (χ1n) is 7.48. The number of nitrogens with one attached hydrogen (secondary N) is 1. The average molecular weight is 343 g/mol. The van der Waals surface area contributed by atoms with E-state index >= 15 is 0 Å². The number of cyclic esters (lactones) is 1. The third kappa shape index (κ3) is 3.16. The van der Waals surface area contributed by atoms with Crippen LogP contribution in [0.2, 0.25) is 0 Å². The molecular formula is C15H16F3N3O3. The summed E-state index contributed by atoms with van der Waals surface area (Å²) < 4.78 is 45.2. The number of halogens is 3. The molecule has 1 atom stereocenters. The molecule has 0 radical (unpaired) electrons. The van der Waals surface area contributed by atoms with Gasteiger partial charge in [0, 0.05) is 30.4 Å². The number of amides is 1. The smallest absolute Gasteiger partial charge is 0.428 e. The lowest BCUT2D eigenvalue weighted by Gasteiger charge is -2.44. The molecule has 2 aliphatic heterocycles. The number of rotatable bonds is 4. The van der Waals surface area contributed by atoms with Crippen LogP contribution in [-0.2, 0) is 10.9 Å². The second-order valence-electron chi connectivity index (χ2n) is 5.62. The van der Waals surface area contributed by atoms with Gasteiger partial charge in [0.05, 0.1) is 5.56 Å². The van der Waals surface area contributed by atoms with E-state index in [0.29, 0.717) is 13.0 Å². The highest BCUT2D eigenvalue weighted by Crippen LogP contribution is 2.40. The average Bonchev–Trinajstić information content (AvgIpc) is 2.52. The van der Waals surface area contributed by atoms with E-state index < -0.39 is 17.8 Å². The van der Waals surface area contributed by atoms with Crippen LogP contribution in [0.15, 0.2) is 23.3 Å². The van der Waals surface area contributed by atoms with Crippen molar-refractivity contribution in [3.8, 4) is 0 Å². The molecular weight excluding hydrogens is 327 g/mol. The molecule has 0 spiro atoms. The number of anilines is 1. The Morgan fingerprint density at radius 2 is 2.21 bits per heavy atom. The van der Waals surface area contributed by atoms with Gasteiger partial charge < -0.3 is 14.7 Å². The summed E-state index contributed by atoms with van der Waals surface area (Å²) in [5, 5.41) is 12.8. The molecule has 1 saturated heterocycles. The number of aliphatic hydroxyl groups is 1. The number of hydrogen-bond acceptors (Lipinski definition) is 5. The quantitative estimate of drug-likeness (QED) is 0.878. The Bertz CT molecular complexity index is 676. The molecule has 0 saturated carbocycles. The van der Waals surface area contributed by atoms with E-state index in [9.17, 15) is 18.0 Å². The molecule has 2 heterocycles. The van der Waals surface area contributed by atoms with Crippen molar-refractivity contribution in [3.05, 3.63) is 29.3 Å². The van der Waals surface area contributed by atoms with E-state index in [-0.39, 0.29) is 36.2 Å². The predicted octanol–water partition coefficient (Wildman–Crippen LogP) is 2.11. The van der Waals surface area contributed by atoms with Crippen LogP contribution in [0.25, 0.3) is 0 Å². The van der Waals surface area contributed by atoms with Gasteiger partial charge in [-0.2, -0.15) is 18.3 Å². The topological polar surface area (TPSA) is 74.2 Å². The van der Waals surface area contributed by atoms with Gasteiger partial charge in [0.25, 0.3) is 0 Å². The van der Waals surface area contributed by atoms with Crippen molar-refractivity contribution in [2.24, 2.45) is 5.10 Å². The third-order valence-electron chi connectivity index (χ3n) is 4.17. The summed E-state index contributed by atoms with van der Waals surface area (Å²) in [6.45, 7) is 0.279. The number of benzene rings is 1. The molecule has 3 rings (SSSR count). The summed E-state index contributed by atoms with van der Waals surface area (Å²) in [6, 6.07) is 3.86. The minimum Gasteiger partial charge on any atom is -0.442 e. The summed E-state index contributed by atoms with van der Waals surface area (Å²) >= 11 is 0. The molecule has 0 aromatic heterocycles. The summed E-state index contributed by atoms with van der Waals surface area (Å²) in [5.74, 6) is 0. The minimum atomic E-state index is -4.52. The van der Waals surface area contributed by atoms with E-state index in [2.05, 4.69) is 10.5 Å². The molecule has 2 N–H and O–H groups in total. The van der Waals surface area contributed by atoms with Crippen LogP contribution in [0.5, 0.6) is 0 Å². The van der Waals surface area contributed by atoms with Gasteiger partial charge >= 0.3 is 12.3 Å². The molecule has 1 amide bonds. The van der Waals surface area contributed by atoms with Gasteiger partial charge in [-0.05, 0) is 25.0 Å². The second-order valence-corrected chi connectivity index (χ2v) is 5.62. The lowest BCUT2D eigenvalue weighted by atomic mass is 9.95. The highest BCUT2D eigenvalue weighted by molar-refractivity contribution is 6.04. The Morgan fingerprint density at radius 1 is 1.42 bits per heavy atom. The van der Waals surface area contributed by atoms with Gasteiger partial charge in [-0.1, -0.05) is 6.07 Å². The van der Waals surface area contributed by atoms with Gasteiger partial charge in [-0.15, -0.1) is 0 Å². The number of alkyl halides is 3. The fraction of sp³-hybridized carbons (Fsp3) is 0.467.